The van der Waals surface area contributed by atoms with E-state index < -0.39 is 5.54 Å². The third kappa shape index (κ3) is 3.04. The van der Waals surface area contributed by atoms with E-state index in [1.165, 1.54) is 5.56 Å². The van der Waals surface area contributed by atoms with Gasteiger partial charge in [-0.2, -0.15) is 0 Å². The molecule has 1 fully saturated rings. The second-order valence-corrected chi connectivity index (χ2v) is 5.95. The largest absolute Gasteiger partial charge is 0.347 e. The normalized spacial score (nSPS) is 18.4. The van der Waals surface area contributed by atoms with Crippen molar-refractivity contribution in [2.24, 2.45) is 11.7 Å². The summed E-state index contributed by atoms with van der Waals surface area (Å²) in [6, 6.07) is 10.3. The molecule has 3 heteroatoms. The maximum absolute atomic E-state index is 12.4. The van der Waals surface area contributed by atoms with Gasteiger partial charge in [-0.05, 0) is 30.7 Å². The Labute approximate surface area is 121 Å². The molecular weight excluding hydrogens is 248 g/mol. The molecule has 1 aromatic carbocycles. The van der Waals surface area contributed by atoms with E-state index in [1.807, 2.05) is 18.2 Å². The summed E-state index contributed by atoms with van der Waals surface area (Å²) in [7, 11) is 0. The Balaban J connectivity index is 2.16. The standard InChI is InChI=1S/C17H26N2O/c1-3-13(4-2)15(14-9-6-5-7-10-14)19-16(20)17(18)11-8-12-17/h5-7,9-10,13,15H,3-4,8,11-12,18H2,1-2H3,(H,19,20). The Bertz CT molecular complexity index is 436. The van der Waals surface area contributed by atoms with Crippen molar-refractivity contribution in [2.45, 2.75) is 57.5 Å². The second-order valence-electron chi connectivity index (χ2n) is 5.95. The van der Waals surface area contributed by atoms with Crippen molar-refractivity contribution in [3.05, 3.63) is 35.9 Å². The molecule has 0 bridgehead atoms. The van der Waals surface area contributed by atoms with Gasteiger partial charge in [0.25, 0.3) is 0 Å². The Kier molecular flexibility index (Phi) is 4.81. The molecule has 110 valence electrons. The van der Waals surface area contributed by atoms with Gasteiger partial charge in [-0.15, -0.1) is 0 Å². The molecule has 0 radical (unpaired) electrons. The summed E-state index contributed by atoms with van der Waals surface area (Å²) in [4.78, 5) is 12.4. The highest BCUT2D eigenvalue weighted by atomic mass is 16.2. The summed E-state index contributed by atoms with van der Waals surface area (Å²) in [6.07, 6.45) is 4.78. The van der Waals surface area contributed by atoms with E-state index in [-0.39, 0.29) is 11.9 Å². The molecule has 3 N–H and O–H groups in total. The van der Waals surface area contributed by atoms with Gasteiger partial charge >= 0.3 is 0 Å². The fraction of sp³-hybridized carbons (Fsp3) is 0.588. The molecule has 0 heterocycles. The molecule has 0 spiro atoms. The molecule has 1 saturated carbocycles. The summed E-state index contributed by atoms with van der Waals surface area (Å²) in [5.41, 5.74) is 6.70. The zero-order valence-electron chi connectivity index (χ0n) is 12.6. The van der Waals surface area contributed by atoms with E-state index in [1.54, 1.807) is 0 Å². The van der Waals surface area contributed by atoms with Crippen LogP contribution in [-0.2, 0) is 4.79 Å². The van der Waals surface area contributed by atoms with E-state index in [9.17, 15) is 4.79 Å². The number of carbonyl (C=O) groups is 1. The maximum atomic E-state index is 12.4. The molecule has 1 aliphatic rings. The lowest BCUT2D eigenvalue weighted by molar-refractivity contribution is -0.130. The van der Waals surface area contributed by atoms with Gasteiger partial charge in [0.15, 0.2) is 0 Å². The van der Waals surface area contributed by atoms with Crippen LogP contribution < -0.4 is 11.1 Å². The third-order valence-electron chi connectivity index (χ3n) is 4.66. The lowest BCUT2D eigenvalue weighted by Crippen LogP contribution is -2.59. The van der Waals surface area contributed by atoms with Gasteiger partial charge < -0.3 is 11.1 Å². The van der Waals surface area contributed by atoms with Crippen molar-refractivity contribution < 1.29 is 4.79 Å². The quantitative estimate of drug-likeness (QED) is 0.837. The lowest BCUT2D eigenvalue weighted by Gasteiger charge is -2.38. The van der Waals surface area contributed by atoms with E-state index in [2.05, 4.69) is 31.3 Å². The predicted molar refractivity (Wildman–Crippen MR) is 82.2 cm³/mol. The third-order valence-corrected chi connectivity index (χ3v) is 4.66. The van der Waals surface area contributed by atoms with Gasteiger partial charge in [-0.3, -0.25) is 4.79 Å². The second kappa shape index (κ2) is 6.40. The first-order valence-electron chi connectivity index (χ1n) is 7.75. The minimum absolute atomic E-state index is 0.0181. The molecule has 1 aliphatic carbocycles. The number of nitrogens with one attached hydrogen (secondary N) is 1. The summed E-state index contributed by atoms with van der Waals surface area (Å²) in [6.45, 7) is 4.36. The highest BCUT2D eigenvalue weighted by Crippen LogP contribution is 2.32. The summed E-state index contributed by atoms with van der Waals surface area (Å²) >= 11 is 0. The average molecular weight is 274 g/mol. The molecule has 20 heavy (non-hydrogen) atoms. The van der Waals surface area contributed by atoms with E-state index in [4.69, 9.17) is 5.73 Å². The Morgan fingerprint density at radius 1 is 1.25 bits per heavy atom. The molecular formula is C17H26N2O. The van der Waals surface area contributed by atoms with Gasteiger partial charge in [0.2, 0.25) is 5.91 Å². The maximum Gasteiger partial charge on any atom is 0.240 e. The van der Waals surface area contributed by atoms with Gasteiger partial charge in [0, 0.05) is 0 Å². The van der Waals surface area contributed by atoms with E-state index in [0.29, 0.717) is 5.92 Å². The highest BCUT2D eigenvalue weighted by Gasteiger charge is 2.41. The van der Waals surface area contributed by atoms with Crippen molar-refractivity contribution >= 4 is 5.91 Å². The first kappa shape index (κ1) is 15.0. The molecule has 0 saturated heterocycles. The summed E-state index contributed by atoms with van der Waals surface area (Å²) in [5, 5.41) is 3.21. The zero-order valence-corrected chi connectivity index (χ0v) is 12.6. The number of carbonyl (C=O) groups excluding carboxylic acids is 1. The molecule has 0 aromatic heterocycles. The van der Waals surface area contributed by atoms with Crippen molar-refractivity contribution in [3.8, 4) is 0 Å². The molecule has 2 rings (SSSR count). The monoisotopic (exact) mass is 274 g/mol. The minimum atomic E-state index is -0.626. The number of hydrogen-bond donors (Lipinski definition) is 2. The van der Waals surface area contributed by atoms with E-state index >= 15 is 0 Å². The summed E-state index contributed by atoms with van der Waals surface area (Å²) < 4.78 is 0. The number of hydrogen-bond acceptors (Lipinski definition) is 2. The highest BCUT2D eigenvalue weighted by molar-refractivity contribution is 5.87. The number of amides is 1. The Morgan fingerprint density at radius 2 is 1.85 bits per heavy atom. The van der Waals surface area contributed by atoms with Crippen LogP contribution in [0.2, 0.25) is 0 Å². The first-order valence-corrected chi connectivity index (χ1v) is 7.75. The molecule has 1 atom stereocenters. The fourth-order valence-corrected chi connectivity index (χ4v) is 2.96. The lowest BCUT2D eigenvalue weighted by atomic mass is 9.76. The molecule has 0 aliphatic heterocycles. The van der Waals surface area contributed by atoms with Gasteiger partial charge in [0.1, 0.15) is 0 Å². The van der Waals surface area contributed by atoms with Crippen LogP contribution in [0.25, 0.3) is 0 Å². The molecule has 3 nitrogen and oxygen atoms in total. The van der Waals surface area contributed by atoms with Crippen LogP contribution in [0.15, 0.2) is 30.3 Å². The van der Waals surface area contributed by atoms with Crippen LogP contribution in [0, 0.1) is 5.92 Å². The number of rotatable bonds is 6. The molecule has 1 aromatic rings. The topological polar surface area (TPSA) is 55.1 Å². The van der Waals surface area contributed by atoms with Crippen LogP contribution in [0.3, 0.4) is 0 Å². The fourth-order valence-electron chi connectivity index (χ4n) is 2.96. The number of benzene rings is 1. The Hall–Kier alpha value is -1.35. The SMILES string of the molecule is CCC(CC)C(NC(=O)C1(N)CCC1)c1ccccc1. The number of nitrogens with two attached hydrogens (primary N) is 1. The van der Waals surface area contributed by atoms with Crippen LogP contribution in [0.5, 0.6) is 0 Å². The van der Waals surface area contributed by atoms with Gasteiger partial charge in [0.05, 0.1) is 11.6 Å². The van der Waals surface area contributed by atoms with Crippen LogP contribution in [0.1, 0.15) is 57.6 Å². The van der Waals surface area contributed by atoms with Crippen molar-refractivity contribution in [1.29, 1.82) is 0 Å². The van der Waals surface area contributed by atoms with E-state index in [0.717, 1.165) is 32.1 Å². The van der Waals surface area contributed by atoms with Gasteiger partial charge in [-0.1, -0.05) is 57.0 Å². The van der Waals surface area contributed by atoms with Crippen LogP contribution in [-0.4, -0.2) is 11.4 Å². The van der Waals surface area contributed by atoms with Crippen molar-refractivity contribution in [3.63, 3.8) is 0 Å². The van der Waals surface area contributed by atoms with Crippen molar-refractivity contribution in [2.75, 3.05) is 0 Å². The van der Waals surface area contributed by atoms with Crippen LogP contribution in [0.4, 0.5) is 0 Å². The summed E-state index contributed by atoms with van der Waals surface area (Å²) in [5.74, 6) is 0.467. The zero-order chi connectivity index (χ0) is 14.6. The van der Waals surface area contributed by atoms with Gasteiger partial charge in [-0.25, -0.2) is 0 Å². The first-order chi connectivity index (χ1) is 9.60. The van der Waals surface area contributed by atoms with Crippen LogP contribution >= 0.6 is 0 Å². The molecule has 1 amide bonds. The average Bonchev–Trinajstić information content (AvgIpc) is 2.45. The predicted octanol–water partition coefficient (Wildman–Crippen LogP) is 3.16. The molecule has 1 unspecified atom stereocenters. The smallest absolute Gasteiger partial charge is 0.240 e. The minimum Gasteiger partial charge on any atom is -0.347 e. The van der Waals surface area contributed by atoms with Crippen molar-refractivity contribution in [1.82, 2.24) is 5.32 Å². The Morgan fingerprint density at radius 3 is 2.30 bits per heavy atom.